The normalized spacial score (nSPS) is 12.7. The second-order valence-corrected chi connectivity index (χ2v) is 6.33. The molecule has 3 rings (SSSR count). The molecule has 138 valence electrons. The van der Waals surface area contributed by atoms with E-state index in [2.05, 4.69) is 20.5 Å². The van der Waals surface area contributed by atoms with Gasteiger partial charge in [-0.3, -0.25) is 4.79 Å². The Hall–Kier alpha value is -2.80. The molecule has 0 radical (unpaired) electrons. The van der Waals surface area contributed by atoms with Gasteiger partial charge in [-0.25, -0.2) is 4.98 Å². The molecule has 0 saturated heterocycles. The molecular formula is C19H24N4O3. The molecule has 0 bridgehead atoms. The maximum absolute atomic E-state index is 12.1. The number of nitrogens with zero attached hydrogens (tertiary/aromatic N) is 2. The van der Waals surface area contributed by atoms with E-state index in [4.69, 9.17) is 9.47 Å². The molecule has 1 aliphatic rings. The highest BCUT2D eigenvalue weighted by Crippen LogP contribution is 2.33. The molecule has 1 amide bonds. The predicted molar refractivity (Wildman–Crippen MR) is 100 cm³/mol. The highest BCUT2D eigenvalue weighted by Gasteiger charge is 2.12. The standard InChI is InChI=1S/C19H24N4O3/c1-23(2)9-3-8-20-19(24)14-4-7-18(21-13-14)22-15-5-6-16-17(12-15)26-11-10-25-16/h4-7,12-13H,3,8-11H2,1-2H3,(H,20,24)(H,21,22). The number of anilines is 2. The molecule has 0 aliphatic carbocycles. The molecule has 1 aliphatic heterocycles. The average Bonchev–Trinajstić information content (AvgIpc) is 2.65. The summed E-state index contributed by atoms with van der Waals surface area (Å²) in [5.41, 5.74) is 1.39. The van der Waals surface area contributed by atoms with Crippen molar-refractivity contribution in [3.05, 3.63) is 42.1 Å². The molecule has 26 heavy (non-hydrogen) atoms. The first-order chi connectivity index (χ1) is 12.6. The molecule has 0 spiro atoms. The third-order valence-corrected chi connectivity index (χ3v) is 3.91. The van der Waals surface area contributed by atoms with Gasteiger partial charge in [-0.1, -0.05) is 0 Å². The Labute approximate surface area is 153 Å². The zero-order valence-corrected chi connectivity index (χ0v) is 15.1. The van der Waals surface area contributed by atoms with Crippen LogP contribution in [0.1, 0.15) is 16.8 Å². The van der Waals surface area contributed by atoms with Gasteiger partial charge < -0.3 is 25.0 Å². The minimum atomic E-state index is -0.109. The Kier molecular flexibility index (Phi) is 5.91. The number of fused-ring (bicyclic) bond motifs is 1. The first-order valence-electron chi connectivity index (χ1n) is 8.67. The molecule has 1 aromatic heterocycles. The maximum atomic E-state index is 12.1. The van der Waals surface area contributed by atoms with Crippen LogP contribution in [0.2, 0.25) is 0 Å². The Balaban J connectivity index is 1.55. The summed E-state index contributed by atoms with van der Waals surface area (Å²) in [6.07, 6.45) is 2.48. The maximum Gasteiger partial charge on any atom is 0.252 e. The van der Waals surface area contributed by atoms with Crippen molar-refractivity contribution >= 4 is 17.4 Å². The van der Waals surface area contributed by atoms with E-state index in [-0.39, 0.29) is 5.91 Å². The van der Waals surface area contributed by atoms with Crippen LogP contribution in [0.3, 0.4) is 0 Å². The lowest BCUT2D eigenvalue weighted by atomic mass is 10.2. The largest absolute Gasteiger partial charge is 0.486 e. The Morgan fingerprint density at radius 2 is 1.96 bits per heavy atom. The van der Waals surface area contributed by atoms with Crippen LogP contribution >= 0.6 is 0 Å². The third-order valence-electron chi connectivity index (χ3n) is 3.91. The zero-order chi connectivity index (χ0) is 18.4. The number of aromatic nitrogens is 1. The van der Waals surface area contributed by atoms with Crippen molar-refractivity contribution in [2.24, 2.45) is 0 Å². The van der Waals surface area contributed by atoms with Crippen LogP contribution in [0.15, 0.2) is 36.5 Å². The minimum absolute atomic E-state index is 0.109. The van der Waals surface area contributed by atoms with Gasteiger partial charge >= 0.3 is 0 Å². The third kappa shape index (κ3) is 4.86. The highest BCUT2D eigenvalue weighted by atomic mass is 16.6. The lowest BCUT2D eigenvalue weighted by molar-refractivity contribution is 0.0952. The monoisotopic (exact) mass is 356 g/mol. The van der Waals surface area contributed by atoms with Gasteiger partial charge in [0.1, 0.15) is 19.0 Å². The Morgan fingerprint density at radius 3 is 2.69 bits per heavy atom. The zero-order valence-electron chi connectivity index (χ0n) is 15.1. The van der Waals surface area contributed by atoms with Crippen LogP contribution < -0.4 is 20.1 Å². The van der Waals surface area contributed by atoms with E-state index in [0.717, 1.165) is 30.2 Å². The van der Waals surface area contributed by atoms with Crippen LogP contribution in [0, 0.1) is 0 Å². The average molecular weight is 356 g/mol. The van der Waals surface area contributed by atoms with Crippen molar-refractivity contribution in [3.63, 3.8) is 0 Å². The van der Waals surface area contributed by atoms with Crippen LogP contribution in [0.25, 0.3) is 0 Å². The molecular weight excluding hydrogens is 332 g/mol. The van der Waals surface area contributed by atoms with E-state index < -0.39 is 0 Å². The van der Waals surface area contributed by atoms with Gasteiger partial charge in [0, 0.05) is 24.5 Å². The number of pyridine rings is 1. The second kappa shape index (κ2) is 8.53. The van der Waals surface area contributed by atoms with Crippen molar-refractivity contribution in [1.29, 1.82) is 0 Å². The smallest absolute Gasteiger partial charge is 0.252 e. The van der Waals surface area contributed by atoms with Gasteiger partial charge in [0.05, 0.1) is 5.56 Å². The van der Waals surface area contributed by atoms with Gasteiger partial charge in [0.2, 0.25) is 0 Å². The fourth-order valence-electron chi connectivity index (χ4n) is 2.57. The number of hydrogen-bond donors (Lipinski definition) is 2. The van der Waals surface area contributed by atoms with Crippen LogP contribution in [-0.2, 0) is 0 Å². The molecule has 7 nitrogen and oxygen atoms in total. The van der Waals surface area contributed by atoms with Gasteiger partial charge in [-0.15, -0.1) is 0 Å². The summed E-state index contributed by atoms with van der Waals surface area (Å²) in [6.45, 7) is 2.71. The summed E-state index contributed by atoms with van der Waals surface area (Å²) in [5, 5.41) is 6.10. The number of hydrogen-bond acceptors (Lipinski definition) is 6. The minimum Gasteiger partial charge on any atom is -0.486 e. The molecule has 0 saturated carbocycles. The number of carbonyl (C=O) groups is 1. The van der Waals surface area contributed by atoms with Crippen molar-refractivity contribution in [3.8, 4) is 11.5 Å². The quantitative estimate of drug-likeness (QED) is 0.742. The van der Waals surface area contributed by atoms with Crippen molar-refractivity contribution in [1.82, 2.24) is 15.2 Å². The van der Waals surface area contributed by atoms with E-state index in [1.807, 2.05) is 32.3 Å². The first kappa shape index (κ1) is 18.0. The topological polar surface area (TPSA) is 75.7 Å². The number of nitrogens with one attached hydrogen (secondary N) is 2. The highest BCUT2D eigenvalue weighted by molar-refractivity contribution is 5.94. The molecule has 2 N–H and O–H groups in total. The number of rotatable bonds is 7. The number of ether oxygens (including phenoxy) is 2. The fraction of sp³-hybridized carbons (Fsp3) is 0.368. The molecule has 2 heterocycles. The van der Waals surface area contributed by atoms with E-state index in [1.165, 1.54) is 0 Å². The number of amides is 1. The lowest BCUT2D eigenvalue weighted by Crippen LogP contribution is -2.27. The summed E-state index contributed by atoms with van der Waals surface area (Å²) in [6, 6.07) is 9.19. The molecule has 7 heteroatoms. The molecule has 1 aromatic carbocycles. The SMILES string of the molecule is CN(C)CCCNC(=O)c1ccc(Nc2ccc3c(c2)OCCO3)nc1. The van der Waals surface area contributed by atoms with Gasteiger partial charge in [0.25, 0.3) is 5.91 Å². The van der Waals surface area contributed by atoms with E-state index in [0.29, 0.717) is 31.1 Å². The summed E-state index contributed by atoms with van der Waals surface area (Å²) >= 11 is 0. The fourth-order valence-corrected chi connectivity index (χ4v) is 2.57. The Morgan fingerprint density at radius 1 is 1.15 bits per heavy atom. The summed E-state index contributed by atoms with van der Waals surface area (Å²) in [5.74, 6) is 2.01. The van der Waals surface area contributed by atoms with Gasteiger partial charge in [-0.05, 0) is 51.3 Å². The second-order valence-electron chi connectivity index (χ2n) is 6.33. The molecule has 2 aromatic rings. The van der Waals surface area contributed by atoms with E-state index in [1.54, 1.807) is 18.3 Å². The van der Waals surface area contributed by atoms with Crippen LogP contribution in [0.4, 0.5) is 11.5 Å². The summed E-state index contributed by atoms with van der Waals surface area (Å²) in [7, 11) is 4.03. The Bertz CT molecular complexity index is 747. The first-order valence-corrected chi connectivity index (χ1v) is 8.67. The van der Waals surface area contributed by atoms with Crippen LogP contribution in [0.5, 0.6) is 11.5 Å². The molecule has 0 unspecified atom stereocenters. The van der Waals surface area contributed by atoms with E-state index >= 15 is 0 Å². The van der Waals surface area contributed by atoms with Gasteiger partial charge in [0.15, 0.2) is 11.5 Å². The lowest BCUT2D eigenvalue weighted by Gasteiger charge is -2.19. The predicted octanol–water partition coefficient (Wildman–Crippen LogP) is 2.28. The van der Waals surface area contributed by atoms with Crippen molar-refractivity contribution in [2.45, 2.75) is 6.42 Å². The van der Waals surface area contributed by atoms with E-state index in [9.17, 15) is 4.79 Å². The van der Waals surface area contributed by atoms with Crippen LogP contribution in [-0.4, -0.2) is 56.2 Å². The van der Waals surface area contributed by atoms with Crippen molar-refractivity contribution in [2.75, 3.05) is 45.7 Å². The number of carbonyl (C=O) groups excluding carboxylic acids is 1. The summed E-state index contributed by atoms with van der Waals surface area (Å²) < 4.78 is 11.1. The number of benzene rings is 1. The van der Waals surface area contributed by atoms with Gasteiger partial charge in [-0.2, -0.15) is 0 Å². The summed E-state index contributed by atoms with van der Waals surface area (Å²) in [4.78, 5) is 18.5. The molecule has 0 atom stereocenters. The van der Waals surface area contributed by atoms with Crippen molar-refractivity contribution < 1.29 is 14.3 Å². The molecule has 0 fully saturated rings.